The normalized spacial score (nSPS) is 10.9. The number of rotatable bonds is 5. The van der Waals surface area contributed by atoms with Gasteiger partial charge in [-0.2, -0.15) is 5.26 Å². The Balaban J connectivity index is 1.99. The fraction of sp³-hybridized carbons (Fsp3) is 0.0870. The fourth-order valence-electron chi connectivity index (χ4n) is 2.93. The van der Waals surface area contributed by atoms with Gasteiger partial charge >= 0.3 is 5.97 Å². The third kappa shape index (κ3) is 4.60. The second-order valence-corrected chi connectivity index (χ2v) is 7.93. The summed E-state index contributed by atoms with van der Waals surface area (Å²) in [4.78, 5) is 26.1. The number of amides is 1. The second-order valence-electron chi connectivity index (χ2n) is 6.27. The Labute approximate surface area is 183 Å². The molecule has 1 aromatic heterocycles. The number of hydrogen-bond donors (Lipinski definition) is 1. The third-order valence-electron chi connectivity index (χ3n) is 4.31. The summed E-state index contributed by atoms with van der Waals surface area (Å²) in [6.45, 7) is 1.86. The maximum Gasteiger partial charge on any atom is 0.341 e. The van der Waals surface area contributed by atoms with Crippen LogP contribution in [0.4, 0.5) is 5.00 Å². The van der Waals surface area contributed by atoms with Crippen molar-refractivity contribution < 1.29 is 14.3 Å². The molecular weight excluding hydrogens is 420 g/mol. The van der Waals surface area contributed by atoms with Crippen LogP contribution < -0.4 is 5.32 Å². The number of carbonyl (C=O) groups excluding carboxylic acids is 2. The van der Waals surface area contributed by atoms with Crippen LogP contribution in [-0.2, 0) is 9.53 Å². The molecular formula is C23H17ClN2O3S. The largest absolute Gasteiger partial charge is 0.465 e. The zero-order valence-electron chi connectivity index (χ0n) is 16.2. The number of aryl methyl sites for hydroxylation is 1. The molecule has 0 spiro atoms. The minimum atomic E-state index is -0.613. The molecule has 1 heterocycles. The van der Waals surface area contributed by atoms with Gasteiger partial charge in [0.1, 0.15) is 22.2 Å². The Morgan fingerprint density at radius 2 is 1.80 bits per heavy atom. The van der Waals surface area contributed by atoms with Crippen LogP contribution in [0.2, 0.25) is 5.02 Å². The van der Waals surface area contributed by atoms with Crippen molar-refractivity contribution in [3.63, 3.8) is 0 Å². The number of nitrogens with one attached hydrogen (secondary N) is 1. The first-order valence-corrected chi connectivity index (χ1v) is 10.1. The summed E-state index contributed by atoms with van der Waals surface area (Å²) in [5, 5.41) is 13.1. The van der Waals surface area contributed by atoms with E-state index in [9.17, 15) is 14.9 Å². The van der Waals surface area contributed by atoms with Crippen molar-refractivity contribution in [2.24, 2.45) is 0 Å². The van der Waals surface area contributed by atoms with Crippen molar-refractivity contribution in [3.05, 3.63) is 81.2 Å². The first kappa shape index (κ1) is 21.3. The van der Waals surface area contributed by atoms with Gasteiger partial charge in [0.15, 0.2) is 0 Å². The van der Waals surface area contributed by atoms with Gasteiger partial charge in [-0.15, -0.1) is 11.3 Å². The van der Waals surface area contributed by atoms with Gasteiger partial charge in [0.25, 0.3) is 5.91 Å². The van der Waals surface area contributed by atoms with Crippen molar-refractivity contribution >= 4 is 45.9 Å². The van der Waals surface area contributed by atoms with Crippen molar-refractivity contribution in [1.82, 2.24) is 0 Å². The molecule has 0 aliphatic heterocycles. The van der Waals surface area contributed by atoms with Crippen LogP contribution in [0, 0.1) is 18.3 Å². The van der Waals surface area contributed by atoms with Gasteiger partial charge in [-0.3, -0.25) is 4.79 Å². The van der Waals surface area contributed by atoms with Crippen LogP contribution >= 0.6 is 22.9 Å². The highest BCUT2D eigenvalue weighted by Gasteiger charge is 2.25. The summed E-state index contributed by atoms with van der Waals surface area (Å²) in [5.41, 5.74) is 2.36. The lowest BCUT2D eigenvalue weighted by Crippen LogP contribution is -2.15. The number of esters is 1. The molecule has 0 atom stereocenters. The second kappa shape index (κ2) is 9.40. The van der Waals surface area contributed by atoms with Crippen LogP contribution in [0.3, 0.4) is 0 Å². The van der Waals surface area contributed by atoms with E-state index in [1.54, 1.807) is 24.3 Å². The van der Waals surface area contributed by atoms with E-state index in [-0.39, 0.29) is 11.1 Å². The van der Waals surface area contributed by atoms with E-state index in [1.807, 2.05) is 43.3 Å². The third-order valence-corrected chi connectivity index (χ3v) is 5.58. The smallest absolute Gasteiger partial charge is 0.341 e. The van der Waals surface area contributed by atoms with Crippen molar-refractivity contribution in [2.75, 3.05) is 12.4 Å². The highest BCUT2D eigenvalue weighted by atomic mass is 35.5. The first-order valence-electron chi connectivity index (χ1n) is 8.90. The predicted molar refractivity (Wildman–Crippen MR) is 120 cm³/mol. The molecule has 2 aromatic carbocycles. The van der Waals surface area contributed by atoms with Gasteiger partial charge in [-0.05, 0) is 36.3 Å². The van der Waals surface area contributed by atoms with Crippen LogP contribution in [0.25, 0.3) is 17.2 Å². The summed E-state index contributed by atoms with van der Waals surface area (Å²) in [5.74, 6) is -1.17. The molecule has 0 saturated carbocycles. The number of benzene rings is 2. The quantitative estimate of drug-likeness (QED) is 0.315. The number of halogens is 1. The summed E-state index contributed by atoms with van der Waals surface area (Å²) in [6, 6.07) is 18.0. The van der Waals surface area contributed by atoms with E-state index in [4.69, 9.17) is 16.3 Å². The van der Waals surface area contributed by atoms with Crippen LogP contribution in [0.5, 0.6) is 0 Å². The zero-order chi connectivity index (χ0) is 21.7. The monoisotopic (exact) mass is 436 g/mol. The fourth-order valence-corrected chi connectivity index (χ4v) is 4.11. The predicted octanol–water partition coefficient (Wildman–Crippen LogP) is 5.71. The van der Waals surface area contributed by atoms with Gasteiger partial charge in [0.2, 0.25) is 0 Å². The summed E-state index contributed by atoms with van der Waals surface area (Å²) in [6.07, 6.45) is 1.46. The van der Waals surface area contributed by atoms with Crippen molar-refractivity contribution in [1.29, 1.82) is 5.26 Å². The Bertz CT molecular complexity index is 1160. The average molecular weight is 437 g/mol. The molecule has 0 aliphatic carbocycles. The number of carbonyl (C=O) groups is 2. The lowest BCUT2D eigenvalue weighted by Gasteiger charge is -2.08. The molecule has 0 bridgehead atoms. The van der Waals surface area contributed by atoms with Crippen LogP contribution in [-0.4, -0.2) is 19.0 Å². The lowest BCUT2D eigenvalue weighted by molar-refractivity contribution is -0.112. The Hall–Kier alpha value is -3.40. The SMILES string of the molecule is COC(=O)c1c(NC(=O)/C(C#N)=C/c2ccc(Cl)cc2)sc(C)c1-c1ccccc1. The highest BCUT2D eigenvalue weighted by molar-refractivity contribution is 7.17. The Kier molecular flexibility index (Phi) is 6.68. The zero-order valence-corrected chi connectivity index (χ0v) is 17.8. The number of thiophene rings is 1. The number of nitriles is 1. The van der Waals surface area contributed by atoms with Gasteiger partial charge < -0.3 is 10.1 Å². The first-order chi connectivity index (χ1) is 14.4. The Morgan fingerprint density at radius 3 is 2.40 bits per heavy atom. The van der Waals surface area contributed by atoms with E-state index in [1.165, 1.54) is 24.5 Å². The van der Waals surface area contributed by atoms with Crippen LogP contribution in [0.1, 0.15) is 20.8 Å². The van der Waals surface area contributed by atoms with E-state index in [0.29, 0.717) is 21.2 Å². The minimum absolute atomic E-state index is 0.0968. The highest BCUT2D eigenvalue weighted by Crippen LogP contribution is 2.40. The number of nitrogens with zero attached hydrogens (tertiary/aromatic N) is 1. The molecule has 0 saturated heterocycles. The molecule has 30 heavy (non-hydrogen) atoms. The molecule has 1 amide bonds. The van der Waals surface area contributed by atoms with Gasteiger partial charge in [-0.1, -0.05) is 54.1 Å². The Morgan fingerprint density at radius 1 is 1.13 bits per heavy atom. The average Bonchev–Trinajstić information content (AvgIpc) is 3.08. The maximum atomic E-state index is 12.8. The van der Waals surface area contributed by atoms with E-state index >= 15 is 0 Å². The molecule has 150 valence electrons. The van der Waals surface area contributed by atoms with Gasteiger partial charge in [0, 0.05) is 15.5 Å². The van der Waals surface area contributed by atoms with E-state index < -0.39 is 11.9 Å². The molecule has 1 N–H and O–H groups in total. The van der Waals surface area contributed by atoms with Gasteiger partial charge in [0.05, 0.1) is 7.11 Å². The number of ether oxygens (including phenoxy) is 1. The standard InChI is InChI=1S/C23H17ClN2O3S/c1-14-19(16-6-4-3-5-7-16)20(23(28)29-2)22(30-14)26-21(27)17(13-25)12-15-8-10-18(24)11-9-15/h3-12H,1-2H3,(H,26,27)/b17-12+. The van der Waals surface area contributed by atoms with Gasteiger partial charge in [-0.25, -0.2) is 4.79 Å². The molecule has 7 heteroatoms. The lowest BCUT2D eigenvalue weighted by atomic mass is 10.0. The summed E-state index contributed by atoms with van der Waals surface area (Å²) >= 11 is 7.13. The van der Waals surface area contributed by atoms with Crippen molar-refractivity contribution in [3.8, 4) is 17.2 Å². The molecule has 0 fully saturated rings. The van der Waals surface area contributed by atoms with Crippen LogP contribution in [0.15, 0.2) is 60.2 Å². The molecule has 0 radical (unpaired) electrons. The molecule has 3 rings (SSSR count). The summed E-state index contributed by atoms with van der Waals surface area (Å²) < 4.78 is 4.95. The number of methoxy groups -OCH3 is 1. The molecule has 5 nitrogen and oxygen atoms in total. The minimum Gasteiger partial charge on any atom is -0.465 e. The molecule has 3 aromatic rings. The maximum absolute atomic E-state index is 12.8. The number of hydrogen-bond acceptors (Lipinski definition) is 5. The van der Waals surface area contributed by atoms with E-state index in [0.717, 1.165) is 10.4 Å². The summed E-state index contributed by atoms with van der Waals surface area (Å²) in [7, 11) is 1.29. The van der Waals surface area contributed by atoms with E-state index in [2.05, 4.69) is 5.32 Å². The number of anilines is 1. The topological polar surface area (TPSA) is 79.2 Å². The molecule has 0 aliphatic rings. The van der Waals surface area contributed by atoms with Crippen molar-refractivity contribution in [2.45, 2.75) is 6.92 Å². The molecule has 0 unspecified atom stereocenters.